The van der Waals surface area contributed by atoms with Crippen LogP contribution in [-0.2, 0) is 0 Å². The van der Waals surface area contributed by atoms with Crippen molar-refractivity contribution in [2.45, 2.75) is 46.5 Å². The molecule has 0 aromatic heterocycles. The van der Waals surface area contributed by atoms with Crippen molar-refractivity contribution in [1.82, 2.24) is 0 Å². The third kappa shape index (κ3) is 1.82. The number of aliphatic hydroxyl groups excluding tert-OH is 2. The maximum atomic E-state index is 9.45. The van der Waals surface area contributed by atoms with Gasteiger partial charge in [0.25, 0.3) is 0 Å². The Balaban J connectivity index is 2.66. The molecule has 1 saturated carbocycles. The van der Waals surface area contributed by atoms with Crippen molar-refractivity contribution in [1.29, 1.82) is 0 Å². The average molecular weight is 200 g/mol. The summed E-state index contributed by atoms with van der Waals surface area (Å²) in [5.74, 6) is 0.659. The van der Waals surface area contributed by atoms with E-state index in [2.05, 4.69) is 20.8 Å². The van der Waals surface area contributed by atoms with Gasteiger partial charge in [0.05, 0.1) is 0 Å². The Hall–Kier alpha value is -0.0800. The minimum Gasteiger partial charge on any atom is -0.396 e. The molecule has 84 valence electrons. The average Bonchev–Trinajstić information content (AvgIpc) is 2.37. The molecule has 0 amide bonds. The molecule has 0 aromatic rings. The van der Waals surface area contributed by atoms with Crippen LogP contribution in [0.1, 0.15) is 46.5 Å². The Bertz CT molecular complexity index is 187. The van der Waals surface area contributed by atoms with Crippen LogP contribution in [0.15, 0.2) is 0 Å². The zero-order chi connectivity index (χ0) is 10.8. The maximum Gasteiger partial charge on any atom is 0.0489 e. The van der Waals surface area contributed by atoms with E-state index in [0.717, 1.165) is 19.3 Å². The molecular formula is C12H24O2. The summed E-state index contributed by atoms with van der Waals surface area (Å²) in [6.45, 7) is 7.29. The van der Waals surface area contributed by atoms with Gasteiger partial charge < -0.3 is 10.2 Å². The second-order valence-electron chi connectivity index (χ2n) is 5.54. The van der Waals surface area contributed by atoms with Gasteiger partial charge in [-0.3, -0.25) is 0 Å². The van der Waals surface area contributed by atoms with E-state index in [4.69, 9.17) is 5.11 Å². The molecule has 0 bridgehead atoms. The monoisotopic (exact) mass is 200 g/mol. The number of aliphatic hydroxyl groups is 2. The second kappa shape index (κ2) is 4.19. The Morgan fingerprint density at radius 3 is 2.29 bits per heavy atom. The first kappa shape index (κ1) is 12.0. The predicted octanol–water partition coefficient (Wildman–Crippen LogP) is 2.19. The van der Waals surface area contributed by atoms with E-state index in [0.29, 0.717) is 12.5 Å². The third-order valence-corrected chi connectivity index (χ3v) is 4.68. The van der Waals surface area contributed by atoms with Crippen LogP contribution in [0.5, 0.6) is 0 Å². The molecule has 2 nitrogen and oxygen atoms in total. The Morgan fingerprint density at radius 1 is 1.21 bits per heavy atom. The van der Waals surface area contributed by atoms with E-state index in [1.54, 1.807) is 0 Å². The van der Waals surface area contributed by atoms with Crippen molar-refractivity contribution in [3.63, 3.8) is 0 Å². The number of hydrogen-bond donors (Lipinski definition) is 2. The van der Waals surface area contributed by atoms with E-state index < -0.39 is 0 Å². The summed E-state index contributed by atoms with van der Waals surface area (Å²) in [7, 11) is 0. The zero-order valence-corrected chi connectivity index (χ0v) is 9.71. The lowest BCUT2D eigenvalue weighted by Crippen LogP contribution is -2.37. The summed E-state index contributed by atoms with van der Waals surface area (Å²) >= 11 is 0. The molecule has 0 aliphatic heterocycles. The van der Waals surface area contributed by atoms with Crippen LogP contribution >= 0.6 is 0 Å². The Labute approximate surface area is 87.3 Å². The summed E-state index contributed by atoms with van der Waals surface area (Å²) in [5, 5.41) is 18.3. The second-order valence-corrected chi connectivity index (χ2v) is 5.54. The molecular weight excluding hydrogens is 176 g/mol. The first-order valence-corrected chi connectivity index (χ1v) is 5.69. The normalized spacial score (nSPS) is 36.2. The molecule has 0 saturated heterocycles. The van der Waals surface area contributed by atoms with Gasteiger partial charge in [0, 0.05) is 13.2 Å². The van der Waals surface area contributed by atoms with Crippen LogP contribution in [0.25, 0.3) is 0 Å². The fraction of sp³-hybridized carbons (Fsp3) is 1.00. The van der Waals surface area contributed by atoms with E-state index >= 15 is 0 Å². The lowest BCUT2D eigenvalue weighted by atomic mass is 9.65. The van der Waals surface area contributed by atoms with Crippen molar-refractivity contribution >= 4 is 0 Å². The highest BCUT2D eigenvalue weighted by Crippen LogP contribution is 2.56. The van der Waals surface area contributed by atoms with Gasteiger partial charge in [-0.05, 0) is 42.4 Å². The van der Waals surface area contributed by atoms with Crippen LogP contribution in [0, 0.1) is 16.7 Å². The molecule has 14 heavy (non-hydrogen) atoms. The predicted molar refractivity (Wildman–Crippen MR) is 58.0 cm³/mol. The molecule has 1 fully saturated rings. The van der Waals surface area contributed by atoms with Gasteiger partial charge >= 0.3 is 0 Å². The van der Waals surface area contributed by atoms with Crippen LogP contribution in [-0.4, -0.2) is 23.4 Å². The van der Waals surface area contributed by atoms with Crippen LogP contribution < -0.4 is 0 Å². The Morgan fingerprint density at radius 2 is 1.86 bits per heavy atom. The van der Waals surface area contributed by atoms with Crippen LogP contribution in [0.2, 0.25) is 0 Å². The van der Waals surface area contributed by atoms with E-state index in [9.17, 15) is 5.11 Å². The molecule has 1 rings (SSSR count). The van der Waals surface area contributed by atoms with E-state index in [1.165, 1.54) is 6.42 Å². The fourth-order valence-corrected chi connectivity index (χ4v) is 2.79. The summed E-state index contributed by atoms with van der Waals surface area (Å²) in [6, 6.07) is 0. The van der Waals surface area contributed by atoms with Crippen molar-refractivity contribution in [2.24, 2.45) is 16.7 Å². The maximum absolute atomic E-state index is 9.45. The molecule has 2 heteroatoms. The largest absolute Gasteiger partial charge is 0.396 e. The Kier molecular flexibility index (Phi) is 3.59. The van der Waals surface area contributed by atoms with Gasteiger partial charge in [0.2, 0.25) is 0 Å². The SMILES string of the molecule is CC1(C)[C@@H](CCCO)CC[C@@]1(C)CO. The molecule has 0 aromatic carbocycles. The third-order valence-electron chi connectivity index (χ3n) is 4.68. The molecule has 2 atom stereocenters. The minimum absolute atomic E-state index is 0.0765. The van der Waals surface area contributed by atoms with Crippen molar-refractivity contribution in [3.05, 3.63) is 0 Å². The first-order chi connectivity index (χ1) is 6.48. The first-order valence-electron chi connectivity index (χ1n) is 5.69. The smallest absolute Gasteiger partial charge is 0.0489 e. The summed E-state index contributed by atoms with van der Waals surface area (Å²) in [6.07, 6.45) is 4.31. The van der Waals surface area contributed by atoms with Gasteiger partial charge in [0.15, 0.2) is 0 Å². The molecule has 1 aliphatic carbocycles. The lowest BCUT2D eigenvalue weighted by Gasteiger charge is -2.40. The van der Waals surface area contributed by atoms with Gasteiger partial charge in [-0.1, -0.05) is 20.8 Å². The molecule has 0 heterocycles. The zero-order valence-electron chi connectivity index (χ0n) is 9.71. The lowest BCUT2D eigenvalue weighted by molar-refractivity contribution is 0.0223. The molecule has 1 aliphatic rings. The van der Waals surface area contributed by atoms with Crippen molar-refractivity contribution < 1.29 is 10.2 Å². The van der Waals surface area contributed by atoms with Crippen LogP contribution in [0.4, 0.5) is 0 Å². The summed E-state index contributed by atoms with van der Waals surface area (Å²) in [4.78, 5) is 0. The highest BCUT2D eigenvalue weighted by atomic mass is 16.3. The van der Waals surface area contributed by atoms with E-state index in [-0.39, 0.29) is 17.4 Å². The fourth-order valence-electron chi connectivity index (χ4n) is 2.79. The molecule has 0 radical (unpaired) electrons. The van der Waals surface area contributed by atoms with Gasteiger partial charge in [-0.2, -0.15) is 0 Å². The summed E-state index contributed by atoms with van der Waals surface area (Å²) < 4.78 is 0. The standard InChI is InChI=1S/C12H24O2/c1-11(2)10(5-4-8-13)6-7-12(11,3)9-14/h10,13-14H,4-9H2,1-3H3/t10-,12-/m0/s1. The van der Waals surface area contributed by atoms with Gasteiger partial charge in [-0.15, -0.1) is 0 Å². The molecule has 0 spiro atoms. The highest BCUT2D eigenvalue weighted by Gasteiger charge is 2.50. The van der Waals surface area contributed by atoms with Crippen LogP contribution in [0.3, 0.4) is 0 Å². The number of hydrogen-bond acceptors (Lipinski definition) is 2. The van der Waals surface area contributed by atoms with Gasteiger partial charge in [-0.25, -0.2) is 0 Å². The number of rotatable bonds is 4. The highest BCUT2D eigenvalue weighted by molar-refractivity contribution is 4.99. The van der Waals surface area contributed by atoms with E-state index in [1.807, 2.05) is 0 Å². The minimum atomic E-state index is 0.0765. The van der Waals surface area contributed by atoms with Crippen molar-refractivity contribution in [3.8, 4) is 0 Å². The summed E-state index contributed by atoms with van der Waals surface area (Å²) in [5.41, 5.74) is 0.282. The molecule has 2 N–H and O–H groups in total. The van der Waals surface area contributed by atoms with Crippen molar-refractivity contribution in [2.75, 3.05) is 13.2 Å². The quantitative estimate of drug-likeness (QED) is 0.730. The topological polar surface area (TPSA) is 40.5 Å². The van der Waals surface area contributed by atoms with Gasteiger partial charge in [0.1, 0.15) is 0 Å². The molecule has 0 unspecified atom stereocenters.